The summed E-state index contributed by atoms with van der Waals surface area (Å²) in [4.78, 5) is 30.4. The first kappa shape index (κ1) is 18.7. The molecule has 0 fully saturated rings. The molecule has 1 aliphatic heterocycles. The van der Waals surface area contributed by atoms with E-state index >= 15 is 0 Å². The van der Waals surface area contributed by atoms with Gasteiger partial charge in [0.05, 0.1) is 17.2 Å². The molecule has 0 saturated heterocycles. The summed E-state index contributed by atoms with van der Waals surface area (Å²) in [7, 11) is 0. The van der Waals surface area contributed by atoms with Crippen LogP contribution in [-0.2, 0) is 0 Å². The van der Waals surface area contributed by atoms with E-state index < -0.39 is 12.7 Å². The van der Waals surface area contributed by atoms with Crippen LogP contribution in [0.4, 0.5) is 8.78 Å². The second-order valence-corrected chi connectivity index (χ2v) is 6.56. The largest absolute Gasteiger partial charge is 0.416 e. The van der Waals surface area contributed by atoms with Gasteiger partial charge >= 0.3 is 6.61 Å². The molecule has 1 atom stereocenters. The Morgan fingerprint density at radius 3 is 2.03 bits per heavy atom. The lowest BCUT2D eigenvalue weighted by Gasteiger charge is -2.23. The molecule has 2 aromatic carbocycles. The van der Waals surface area contributed by atoms with Crippen LogP contribution in [0.25, 0.3) is 11.1 Å². The highest BCUT2D eigenvalue weighted by atomic mass is 19.3. The zero-order valence-electron chi connectivity index (χ0n) is 15.4. The van der Waals surface area contributed by atoms with Gasteiger partial charge in [0.1, 0.15) is 0 Å². The lowest BCUT2D eigenvalue weighted by Crippen LogP contribution is -2.32. The molecule has 0 saturated carbocycles. The fourth-order valence-electron chi connectivity index (χ4n) is 3.44. The van der Waals surface area contributed by atoms with E-state index in [1.54, 1.807) is 67.6 Å². The molecule has 0 radical (unpaired) electrons. The first-order valence-electron chi connectivity index (χ1n) is 8.94. The smallest absolute Gasteiger partial charge is 0.388 e. The second kappa shape index (κ2) is 7.43. The van der Waals surface area contributed by atoms with E-state index in [1.807, 2.05) is 0 Å². The van der Waals surface area contributed by atoms with Crippen molar-refractivity contribution in [1.29, 1.82) is 0 Å². The van der Waals surface area contributed by atoms with Crippen molar-refractivity contribution in [3.8, 4) is 17.0 Å². The second-order valence-electron chi connectivity index (χ2n) is 6.56. The molecule has 2 amide bonds. The van der Waals surface area contributed by atoms with E-state index in [2.05, 4.69) is 9.72 Å². The highest BCUT2D eigenvalue weighted by molar-refractivity contribution is 6.21. The van der Waals surface area contributed by atoms with Crippen molar-refractivity contribution in [3.05, 3.63) is 83.6 Å². The normalized spacial score (nSPS) is 14.3. The van der Waals surface area contributed by atoms with E-state index in [4.69, 9.17) is 0 Å². The van der Waals surface area contributed by atoms with Crippen molar-refractivity contribution in [2.24, 2.45) is 0 Å². The Labute approximate surface area is 165 Å². The Morgan fingerprint density at radius 2 is 1.45 bits per heavy atom. The highest BCUT2D eigenvalue weighted by Crippen LogP contribution is 2.33. The van der Waals surface area contributed by atoms with Crippen LogP contribution in [0.15, 0.2) is 66.9 Å². The molecule has 1 aromatic heterocycles. The summed E-state index contributed by atoms with van der Waals surface area (Å²) in [5, 5.41) is 0. The molecule has 29 heavy (non-hydrogen) atoms. The number of benzene rings is 2. The molecule has 3 aromatic rings. The Balaban J connectivity index is 1.61. The van der Waals surface area contributed by atoms with E-state index in [0.717, 1.165) is 5.56 Å². The summed E-state index contributed by atoms with van der Waals surface area (Å²) in [6.07, 6.45) is 1.37. The van der Waals surface area contributed by atoms with Gasteiger partial charge in [0.2, 0.25) is 5.88 Å². The van der Waals surface area contributed by atoms with Gasteiger partial charge in [-0.15, -0.1) is 0 Å². The van der Waals surface area contributed by atoms with Gasteiger partial charge < -0.3 is 4.74 Å². The number of carbonyl (C=O) groups excluding carboxylic acids is 2. The number of amides is 2. The predicted molar refractivity (Wildman–Crippen MR) is 102 cm³/mol. The van der Waals surface area contributed by atoms with Crippen LogP contribution in [0, 0.1) is 0 Å². The number of nitrogens with zero attached hydrogens (tertiary/aromatic N) is 2. The number of carbonyl (C=O) groups is 2. The van der Waals surface area contributed by atoms with Crippen LogP contribution < -0.4 is 4.74 Å². The fourth-order valence-corrected chi connectivity index (χ4v) is 3.44. The number of hydrogen-bond donors (Lipinski definition) is 0. The van der Waals surface area contributed by atoms with Crippen molar-refractivity contribution >= 4 is 11.8 Å². The number of imide groups is 1. The standard InChI is InChI=1S/C22H16F2N2O3/c1-13(26-20(27)17-5-2-3-6-18(17)21(26)28)14-8-10-15(11-9-14)16-7-4-12-25-19(16)29-22(23)24/h2-13,22H,1H3. The summed E-state index contributed by atoms with van der Waals surface area (Å²) < 4.78 is 29.7. The molecule has 2 heterocycles. The van der Waals surface area contributed by atoms with Crippen molar-refractivity contribution in [2.45, 2.75) is 19.6 Å². The number of aromatic nitrogens is 1. The Bertz CT molecular complexity index is 1050. The number of ether oxygens (including phenoxy) is 1. The molecule has 7 heteroatoms. The molecule has 5 nitrogen and oxygen atoms in total. The van der Waals surface area contributed by atoms with Gasteiger partial charge in [-0.2, -0.15) is 8.78 Å². The minimum absolute atomic E-state index is 0.163. The Morgan fingerprint density at radius 1 is 0.862 bits per heavy atom. The van der Waals surface area contributed by atoms with Gasteiger partial charge in [0.25, 0.3) is 11.8 Å². The molecule has 4 rings (SSSR count). The molecule has 0 spiro atoms. The summed E-state index contributed by atoms with van der Waals surface area (Å²) in [5.74, 6) is -0.826. The fraction of sp³-hybridized carbons (Fsp3) is 0.136. The summed E-state index contributed by atoms with van der Waals surface area (Å²) in [5.41, 5.74) is 2.58. The predicted octanol–water partition coefficient (Wildman–Crippen LogP) is 4.71. The van der Waals surface area contributed by atoms with E-state index in [9.17, 15) is 18.4 Å². The van der Waals surface area contributed by atoms with Gasteiger partial charge in [-0.25, -0.2) is 4.98 Å². The number of halogens is 2. The molecule has 1 aliphatic rings. The van der Waals surface area contributed by atoms with Gasteiger partial charge in [0, 0.05) is 11.8 Å². The van der Waals surface area contributed by atoms with Crippen LogP contribution in [0.5, 0.6) is 5.88 Å². The Kier molecular flexibility index (Phi) is 4.80. The van der Waals surface area contributed by atoms with Gasteiger partial charge in [-0.05, 0) is 42.3 Å². The first-order chi connectivity index (χ1) is 14.0. The maximum atomic E-state index is 12.7. The van der Waals surface area contributed by atoms with Crippen molar-refractivity contribution in [2.75, 3.05) is 0 Å². The van der Waals surface area contributed by atoms with Crippen molar-refractivity contribution in [3.63, 3.8) is 0 Å². The summed E-state index contributed by atoms with van der Waals surface area (Å²) in [6.45, 7) is -1.21. The summed E-state index contributed by atoms with van der Waals surface area (Å²) >= 11 is 0. The molecule has 0 aliphatic carbocycles. The molecule has 146 valence electrons. The molecule has 0 N–H and O–H groups in total. The minimum Gasteiger partial charge on any atom is -0.416 e. The van der Waals surface area contributed by atoms with Crippen LogP contribution in [0.1, 0.15) is 39.2 Å². The van der Waals surface area contributed by atoms with Crippen LogP contribution in [0.3, 0.4) is 0 Å². The molecule has 1 unspecified atom stereocenters. The maximum absolute atomic E-state index is 12.7. The van der Waals surface area contributed by atoms with E-state index in [1.165, 1.54) is 11.1 Å². The number of alkyl halides is 2. The van der Waals surface area contributed by atoms with Gasteiger partial charge in [-0.3, -0.25) is 14.5 Å². The molecular formula is C22H16F2N2O3. The first-order valence-corrected chi connectivity index (χ1v) is 8.94. The average molecular weight is 394 g/mol. The lowest BCUT2D eigenvalue weighted by atomic mass is 10.0. The number of hydrogen-bond acceptors (Lipinski definition) is 4. The molecular weight excluding hydrogens is 378 g/mol. The Hall–Kier alpha value is -3.61. The zero-order chi connectivity index (χ0) is 20.5. The van der Waals surface area contributed by atoms with Gasteiger partial charge in [0.15, 0.2) is 0 Å². The average Bonchev–Trinajstić information content (AvgIpc) is 2.98. The lowest BCUT2D eigenvalue weighted by molar-refractivity contribution is -0.0524. The van der Waals surface area contributed by atoms with Crippen LogP contribution >= 0.6 is 0 Å². The van der Waals surface area contributed by atoms with E-state index in [-0.39, 0.29) is 17.7 Å². The maximum Gasteiger partial charge on any atom is 0.388 e. The van der Waals surface area contributed by atoms with Crippen LogP contribution in [-0.4, -0.2) is 28.3 Å². The quantitative estimate of drug-likeness (QED) is 0.588. The monoisotopic (exact) mass is 394 g/mol. The van der Waals surface area contributed by atoms with Crippen LogP contribution in [0.2, 0.25) is 0 Å². The SMILES string of the molecule is CC(c1ccc(-c2cccnc2OC(F)F)cc1)N1C(=O)c2ccccc2C1=O. The third-order valence-corrected chi connectivity index (χ3v) is 4.89. The highest BCUT2D eigenvalue weighted by Gasteiger charge is 2.38. The molecule has 0 bridgehead atoms. The topological polar surface area (TPSA) is 59.5 Å². The summed E-state index contributed by atoms with van der Waals surface area (Å²) in [6, 6.07) is 16.4. The van der Waals surface area contributed by atoms with Gasteiger partial charge in [-0.1, -0.05) is 36.4 Å². The van der Waals surface area contributed by atoms with Crippen molar-refractivity contribution in [1.82, 2.24) is 9.88 Å². The zero-order valence-corrected chi connectivity index (χ0v) is 15.4. The third kappa shape index (κ3) is 3.35. The van der Waals surface area contributed by atoms with Crippen molar-refractivity contribution < 1.29 is 23.1 Å². The number of fused-ring (bicyclic) bond motifs is 1. The third-order valence-electron chi connectivity index (χ3n) is 4.89. The number of rotatable bonds is 5. The minimum atomic E-state index is -2.98. The number of pyridine rings is 1. The van der Waals surface area contributed by atoms with E-state index in [0.29, 0.717) is 22.3 Å².